The van der Waals surface area contributed by atoms with Crippen LogP contribution in [0.4, 0.5) is 0 Å². The van der Waals surface area contributed by atoms with Gasteiger partial charge in [0, 0.05) is 17.4 Å². The Kier molecular flexibility index (Phi) is 6.15. The van der Waals surface area contributed by atoms with Gasteiger partial charge in [-0.05, 0) is 42.8 Å². The van der Waals surface area contributed by atoms with Crippen LogP contribution < -0.4 is 4.74 Å². The van der Waals surface area contributed by atoms with Crippen LogP contribution in [0.5, 0.6) is 5.75 Å². The van der Waals surface area contributed by atoms with Gasteiger partial charge in [0.2, 0.25) is 0 Å². The number of esters is 1. The van der Waals surface area contributed by atoms with E-state index in [-0.39, 0.29) is 18.1 Å². The molecule has 0 saturated heterocycles. The molecule has 7 heteroatoms. The first-order valence-corrected chi connectivity index (χ1v) is 9.87. The average molecular weight is 376 g/mol. The Hall–Kier alpha value is -2.67. The molecule has 0 fully saturated rings. The molecule has 138 valence electrons. The second-order valence-corrected chi connectivity index (χ2v) is 8.07. The fraction of sp³-hybridized carbons (Fsp3) is 0.263. The summed E-state index contributed by atoms with van der Waals surface area (Å²) in [6, 6.07) is 11.1. The van der Waals surface area contributed by atoms with E-state index in [2.05, 4.69) is 0 Å². The molecule has 0 N–H and O–H groups in total. The number of ether oxygens (including phenoxy) is 2. The van der Waals surface area contributed by atoms with Crippen molar-refractivity contribution < 1.29 is 27.5 Å². The van der Waals surface area contributed by atoms with E-state index in [0.29, 0.717) is 28.0 Å². The minimum Gasteiger partial charge on any atom is -0.496 e. The van der Waals surface area contributed by atoms with Gasteiger partial charge in [-0.25, -0.2) is 13.2 Å². The Bertz CT molecular complexity index is 914. The minimum absolute atomic E-state index is 0.0474. The third-order valence-corrected chi connectivity index (χ3v) is 4.52. The van der Waals surface area contributed by atoms with Crippen LogP contribution in [0.1, 0.15) is 38.8 Å². The van der Waals surface area contributed by atoms with Gasteiger partial charge in [0.15, 0.2) is 15.6 Å². The zero-order valence-electron chi connectivity index (χ0n) is 14.8. The molecule has 26 heavy (non-hydrogen) atoms. The number of benzene rings is 2. The molecule has 2 rings (SSSR count). The lowest BCUT2D eigenvalue weighted by Crippen LogP contribution is -2.07. The molecule has 0 saturated carbocycles. The summed E-state index contributed by atoms with van der Waals surface area (Å²) in [6.07, 6.45) is 1.15. The van der Waals surface area contributed by atoms with Crippen LogP contribution in [-0.4, -0.2) is 33.5 Å². The lowest BCUT2D eigenvalue weighted by molar-refractivity contribution is 0.0470. The molecule has 0 spiro atoms. The third kappa shape index (κ3) is 5.42. The van der Waals surface area contributed by atoms with Crippen LogP contribution >= 0.6 is 0 Å². The molecule has 0 unspecified atom stereocenters. The summed E-state index contributed by atoms with van der Waals surface area (Å²) < 4.78 is 33.1. The summed E-state index contributed by atoms with van der Waals surface area (Å²) in [5.41, 5.74) is 1.99. The van der Waals surface area contributed by atoms with Crippen molar-refractivity contribution in [2.45, 2.75) is 19.3 Å². The number of carbonyl (C=O) groups excluding carboxylic acids is 2. The van der Waals surface area contributed by atoms with E-state index >= 15 is 0 Å². The van der Waals surface area contributed by atoms with Crippen molar-refractivity contribution in [3.05, 3.63) is 64.7 Å². The SMILES string of the molecule is COc1ccc(C(C)=O)cc1COC(=O)c1ccc(CS(C)(=O)=O)cc1. The first kappa shape index (κ1) is 19.7. The van der Waals surface area contributed by atoms with Crippen LogP contribution in [0, 0.1) is 0 Å². The fourth-order valence-corrected chi connectivity index (χ4v) is 3.17. The normalized spacial score (nSPS) is 11.0. The van der Waals surface area contributed by atoms with Crippen molar-refractivity contribution in [2.24, 2.45) is 0 Å². The van der Waals surface area contributed by atoms with Gasteiger partial charge in [0.25, 0.3) is 0 Å². The maximum Gasteiger partial charge on any atom is 0.338 e. The summed E-state index contributed by atoms with van der Waals surface area (Å²) in [4.78, 5) is 23.7. The second kappa shape index (κ2) is 8.14. The minimum atomic E-state index is -3.13. The van der Waals surface area contributed by atoms with E-state index in [0.717, 1.165) is 6.26 Å². The van der Waals surface area contributed by atoms with E-state index in [1.54, 1.807) is 30.3 Å². The van der Waals surface area contributed by atoms with Crippen molar-refractivity contribution in [3.63, 3.8) is 0 Å². The summed E-state index contributed by atoms with van der Waals surface area (Å²) in [5.74, 6) is -0.212. The molecule has 0 atom stereocenters. The maximum atomic E-state index is 12.2. The standard InChI is InChI=1S/C19H20O6S/c1-13(20)16-8-9-18(24-2)17(10-16)11-25-19(21)15-6-4-14(5-7-15)12-26(3,22)23/h4-10H,11-12H2,1-3H3. The number of methoxy groups -OCH3 is 1. The largest absolute Gasteiger partial charge is 0.496 e. The number of carbonyl (C=O) groups is 2. The molecular weight excluding hydrogens is 356 g/mol. The van der Waals surface area contributed by atoms with Crippen molar-refractivity contribution in [1.82, 2.24) is 0 Å². The zero-order valence-corrected chi connectivity index (χ0v) is 15.6. The highest BCUT2D eigenvalue weighted by atomic mass is 32.2. The zero-order chi connectivity index (χ0) is 19.3. The Morgan fingerprint density at radius 1 is 1.00 bits per heavy atom. The molecule has 0 aliphatic carbocycles. The number of rotatable bonds is 7. The van der Waals surface area contributed by atoms with Crippen LogP contribution in [-0.2, 0) is 26.9 Å². The summed E-state index contributed by atoms with van der Waals surface area (Å²) in [5, 5.41) is 0. The van der Waals surface area contributed by atoms with Gasteiger partial charge in [-0.2, -0.15) is 0 Å². The van der Waals surface area contributed by atoms with Crippen LogP contribution in [0.15, 0.2) is 42.5 Å². The molecule has 6 nitrogen and oxygen atoms in total. The van der Waals surface area contributed by atoms with Crippen LogP contribution in [0.3, 0.4) is 0 Å². The molecule has 0 aliphatic heterocycles. The van der Waals surface area contributed by atoms with Crippen molar-refractivity contribution in [1.29, 1.82) is 0 Å². The van der Waals surface area contributed by atoms with Crippen molar-refractivity contribution >= 4 is 21.6 Å². The maximum absolute atomic E-state index is 12.2. The third-order valence-electron chi connectivity index (χ3n) is 3.66. The molecule has 0 bridgehead atoms. The topological polar surface area (TPSA) is 86.7 Å². The van der Waals surface area contributed by atoms with E-state index in [1.807, 2.05) is 0 Å². The van der Waals surface area contributed by atoms with Crippen LogP contribution in [0.2, 0.25) is 0 Å². The Balaban J connectivity index is 2.09. The van der Waals surface area contributed by atoms with E-state index in [1.165, 1.54) is 26.2 Å². The molecule has 2 aromatic carbocycles. The van der Waals surface area contributed by atoms with Crippen molar-refractivity contribution in [2.75, 3.05) is 13.4 Å². The van der Waals surface area contributed by atoms with Gasteiger partial charge >= 0.3 is 5.97 Å². The van der Waals surface area contributed by atoms with E-state index in [9.17, 15) is 18.0 Å². The van der Waals surface area contributed by atoms with E-state index in [4.69, 9.17) is 9.47 Å². The second-order valence-electron chi connectivity index (χ2n) is 5.93. The summed E-state index contributed by atoms with van der Waals surface area (Å²) >= 11 is 0. The molecule has 2 aromatic rings. The predicted octanol–water partition coefficient (Wildman–Crippen LogP) is 2.80. The van der Waals surface area contributed by atoms with Gasteiger partial charge in [-0.3, -0.25) is 4.79 Å². The first-order chi connectivity index (χ1) is 12.2. The van der Waals surface area contributed by atoms with Gasteiger partial charge in [0.05, 0.1) is 18.4 Å². The monoisotopic (exact) mass is 376 g/mol. The fourth-order valence-electron chi connectivity index (χ4n) is 2.38. The Morgan fingerprint density at radius 2 is 1.62 bits per heavy atom. The number of hydrogen-bond donors (Lipinski definition) is 0. The number of ketones is 1. The summed E-state index contributed by atoms with van der Waals surface area (Å²) in [6.45, 7) is 1.41. The number of Topliss-reactive ketones (excluding diaryl/α,β-unsaturated/α-hetero) is 1. The van der Waals surface area contributed by atoms with Gasteiger partial charge < -0.3 is 9.47 Å². The van der Waals surface area contributed by atoms with Gasteiger partial charge in [-0.15, -0.1) is 0 Å². The highest BCUT2D eigenvalue weighted by Gasteiger charge is 2.12. The van der Waals surface area contributed by atoms with Crippen molar-refractivity contribution in [3.8, 4) is 5.75 Å². The molecular formula is C19H20O6S. The molecule has 0 heterocycles. The first-order valence-electron chi connectivity index (χ1n) is 7.81. The lowest BCUT2D eigenvalue weighted by Gasteiger charge is -2.11. The number of sulfone groups is 1. The smallest absolute Gasteiger partial charge is 0.338 e. The van der Waals surface area contributed by atoms with E-state index < -0.39 is 15.8 Å². The molecule has 0 aliphatic rings. The number of hydrogen-bond acceptors (Lipinski definition) is 6. The quantitative estimate of drug-likeness (QED) is 0.545. The Labute approximate surface area is 152 Å². The Morgan fingerprint density at radius 3 is 2.15 bits per heavy atom. The average Bonchev–Trinajstić information content (AvgIpc) is 2.58. The summed E-state index contributed by atoms with van der Waals surface area (Å²) in [7, 11) is -1.64. The lowest BCUT2D eigenvalue weighted by atomic mass is 10.1. The van der Waals surface area contributed by atoms with Crippen LogP contribution in [0.25, 0.3) is 0 Å². The predicted molar refractivity (Wildman–Crippen MR) is 97.1 cm³/mol. The molecule has 0 amide bonds. The van der Waals surface area contributed by atoms with Gasteiger partial charge in [-0.1, -0.05) is 12.1 Å². The highest BCUT2D eigenvalue weighted by molar-refractivity contribution is 7.89. The highest BCUT2D eigenvalue weighted by Crippen LogP contribution is 2.22. The molecule has 0 aromatic heterocycles. The van der Waals surface area contributed by atoms with Gasteiger partial charge in [0.1, 0.15) is 12.4 Å². The molecule has 0 radical (unpaired) electrons.